The van der Waals surface area contributed by atoms with Crippen molar-refractivity contribution in [3.05, 3.63) is 41.1 Å². The predicted molar refractivity (Wildman–Crippen MR) is 64.8 cm³/mol. The Labute approximate surface area is 113 Å². The lowest BCUT2D eigenvalue weighted by Crippen LogP contribution is -1.97. The molecule has 1 aromatic carbocycles. The summed E-state index contributed by atoms with van der Waals surface area (Å²) in [5, 5.41) is 8.70. The van der Waals surface area contributed by atoms with Crippen LogP contribution in [0.2, 0.25) is 5.15 Å². The van der Waals surface area contributed by atoms with E-state index in [4.69, 9.17) is 26.3 Å². The third-order valence-electron chi connectivity index (χ3n) is 2.20. The maximum absolute atomic E-state index is 13.7. The quantitative estimate of drug-likeness (QED) is 0.808. The zero-order valence-corrected chi connectivity index (χ0v) is 10.5. The second-order valence-corrected chi connectivity index (χ2v) is 3.72. The van der Waals surface area contributed by atoms with Gasteiger partial charge in [-0.25, -0.2) is 9.37 Å². The molecule has 1 heterocycles. The third-order valence-corrected chi connectivity index (χ3v) is 2.47. The third kappa shape index (κ3) is 2.72. The zero-order chi connectivity index (χ0) is 13.8. The van der Waals surface area contributed by atoms with Gasteiger partial charge in [0.05, 0.1) is 18.7 Å². The molecule has 0 aliphatic carbocycles. The van der Waals surface area contributed by atoms with Crippen molar-refractivity contribution in [3.8, 4) is 23.4 Å². The summed E-state index contributed by atoms with van der Waals surface area (Å²) < 4.78 is 23.9. The fraction of sp³-hybridized carbons (Fsp3) is 0.0833. The van der Waals surface area contributed by atoms with Gasteiger partial charge in [-0.15, -0.1) is 0 Å². The Morgan fingerprint density at radius 3 is 2.79 bits per heavy atom. The lowest BCUT2D eigenvalue weighted by molar-refractivity contribution is 0.359. The molecule has 0 amide bonds. The molecule has 0 aliphatic rings. The number of rotatable bonds is 3. The van der Waals surface area contributed by atoms with Gasteiger partial charge in [-0.2, -0.15) is 10.2 Å². The van der Waals surface area contributed by atoms with Crippen molar-refractivity contribution in [1.82, 2.24) is 9.97 Å². The molecule has 96 valence electrons. The maximum atomic E-state index is 13.7. The molecule has 0 N–H and O–H groups in total. The summed E-state index contributed by atoms with van der Waals surface area (Å²) in [5.74, 6) is -0.679. The van der Waals surface area contributed by atoms with E-state index in [1.807, 2.05) is 6.07 Å². The number of hydrogen-bond acceptors (Lipinski definition) is 5. The molecule has 0 bridgehead atoms. The monoisotopic (exact) mass is 279 g/mol. The average molecular weight is 280 g/mol. The molecule has 0 fully saturated rings. The Morgan fingerprint density at radius 1 is 1.37 bits per heavy atom. The second-order valence-electron chi connectivity index (χ2n) is 3.36. The zero-order valence-electron chi connectivity index (χ0n) is 9.72. The van der Waals surface area contributed by atoms with Crippen molar-refractivity contribution in [1.29, 1.82) is 5.26 Å². The molecular formula is C12H7ClFN3O2. The fourth-order valence-electron chi connectivity index (χ4n) is 1.34. The number of ether oxygens (including phenoxy) is 2. The average Bonchev–Trinajstić information content (AvgIpc) is 2.41. The van der Waals surface area contributed by atoms with Gasteiger partial charge in [0.15, 0.2) is 16.7 Å². The molecule has 0 saturated heterocycles. The minimum atomic E-state index is -0.684. The van der Waals surface area contributed by atoms with E-state index in [1.165, 1.54) is 25.6 Å². The van der Waals surface area contributed by atoms with Crippen molar-refractivity contribution >= 4 is 11.6 Å². The van der Waals surface area contributed by atoms with Crippen molar-refractivity contribution in [2.75, 3.05) is 7.11 Å². The Bertz CT molecular complexity index is 658. The van der Waals surface area contributed by atoms with Crippen LogP contribution in [-0.2, 0) is 0 Å². The Hall–Kier alpha value is -2.39. The summed E-state index contributed by atoms with van der Waals surface area (Å²) in [7, 11) is 1.37. The van der Waals surface area contributed by atoms with E-state index in [9.17, 15) is 4.39 Å². The summed E-state index contributed by atoms with van der Waals surface area (Å²) in [4.78, 5) is 7.53. The Morgan fingerprint density at radius 2 is 2.16 bits per heavy atom. The van der Waals surface area contributed by atoms with E-state index >= 15 is 0 Å². The molecule has 0 aliphatic heterocycles. The highest BCUT2D eigenvalue weighted by Crippen LogP contribution is 2.34. The topological polar surface area (TPSA) is 68.0 Å². The summed E-state index contributed by atoms with van der Waals surface area (Å²) in [5.41, 5.74) is 0.192. The SMILES string of the molecule is COc1c(Cl)ncnc1Oc1ccc(C#N)cc1F. The van der Waals surface area contributed by atoms with E-state index in [-0.39, 0.29) is 28.1 Å². The van der Waals surface area contributed by atoms with E-state index < -0.39 is 5.82 Å². The van der Waals surface area contributed by atoms with E-state index in [2.05, 4.69) is 9.97 Å². The lowest BCUT2D eigenvalue weighted by atomic mass is 10.2. The van der Waals surface area contributed by atoms with Gasteiger partial charge in [-0.3, -0.25) is 0 Å². The number of hydrogen-bond donors (Lipinski definition) is 0. The highest BCUT2D eigenvalue weighted by molar-refractivity contribution is 6.31. The Kier molecular flexibility index (Phi) is 3.78. The smallest absolute Gasteiger partial charge is 0.267 e. The van der Waals surface area contributed by atoms with Gasteiger partial charge >= 0.3 is 0 Å². The molecule has 19 heavy (non-hydrogen) atoms. The van der Waals surface area contributed by atoms with Crippen LogP contribution in [0.25, 0.3) is 0 Å². The summed E-state index contributed by atoms with van der Waals surface area (Å²) >= 11 is 5.79. The number of nitrogens with zero attached hydrogens (tertiary/aromatic N) is 3. The van der Waals surface area contributed by atoms with Crippen molar-refractivity contribution in [2.45, 2.75) is 0 Å². The first kappa shape index (κ1) is 13.1. The number of halogens is 2. The van der Waals surface area contributed by atoms with Gasteiger partial charge in [0, 0.05) is 0 Å². The summed E-state index contributed by atoms with van der Waals surface area (Å²) in [6, 6.07) is 5.63. The molecule has 0 radical (unpaired) electrons. The first-order valence-corrected chi connectivity index (χ1v) is 5.45. The van der Waals surface area contributed by atoms with Gasteiger partial charge < -0.3 is 9.47 Å². The molecule has 5 nitrogen and oxygen atoms in total. The molecule has 0 unspecified atom stereocenters. The number of nitriles is 1. The summed E-state index contributed by atoms with van der Waals surface area (Å²) in [6.45, 7) is 0. The highest BCUT2D eigenvalue weighted by atomic mass is 35.5. The molecule has 0 atom stereocenters. The van der Waals surface area contributed by atoms with Crippen LogP contribution < -0.4 is 9.47 Å². The van der Waals surface area contributed by atoms with Crippen LogP contribution >= 0.6 is 11.6 Å². The molecule has 7 heteroatoms. The van der Waals surface area contributed by atoms with Gasteiger partial charge in [0.1, 0.15) is 6.33 Å². The van der Waals surface area contributed by atoms with E-state index in [0.717, 1.165) is 6.07 Å². The van der Waals surface area contributed by atoms with Crippen LogP contribution in [-0.4, -0.2) is 17.1 Å². The molecule has 0 saturated carbocycles. The van der Waals surface area contributed by atoms with Gasteiger partial charge in [0.2, 0.25) is 5.75 Å². The maximum Gasteiger partial charge on any atom is 0.267 e. The number of aromatic nitrogens is 2. The van der Waals surface area contributed by atoms with Crippen LogP contribution in [0.4, 0.5) is 4.39 Å². The standard InChI is InChI=1S/C12H7ClFN3O2/c1-18-10-11(13)16-6-17-12(10)19-9-3-2-7(5-15)4-8(9)14/h2-4,6H,1H3. The summed E-state index contributed by atoms with van der Waals surface area (Å²) in [6.07, 6.45) is 1.17. The highest BCUT2D eigenvalue weighted by Gasteiger charge is 2.14. The number of methoxy groups -OCH3 is 1. The van der Waals surface area contributed by atoms with E-state index in [1.54, 1.807) is 0 Å². The molecule has 2 rings (SSSR count). The Balaban J connectivity index is 2.37. The van der Waals surface area contributed by atoms with Gasteiger partial charge in [0.25, 0.3) is 5.88 Å². The largest absolute Gasteiger partial charge is 0.489 e. The predicted octanol–water partition coefficient (Wildman–Crippen LogP) is 2.94. The van der Waals surface area contributed by atoms with E-state index in [0.29, 0.717) is 0 Å². The number of benzene rings is 1. The minimum Gasteiger partial charge on any atom is -0.489 e. The van der Waals surface area contributed by atoms with Crippen LogP contribution in [0.15, 0.2) is 24.5 Å². The molecular weight excluding hydrogens is 273 g/mol. The molecule has 2 aromatic rings. The fourth-order valence-corrected chi connectivity index (χ4v) is 1.54. The van der Waals surface area contributed by atoms with Crippen LogP contribution in [0.3, 0.4) is 0 Å². The normalized spacial score (nSPS) is 9.79. The second kappa shape index (κ2) is 5.50. The van der Waals surface area contributed by atoms with Crippen molar-refractivity contribution < 1.29 is 13.9 Å². The lowest BCUT2D eigenvalue weighted by Gasteiger charge is -2.09. The van der Waals surface area contributed by atoms with Crippen molar-refractivity contribution in [2.24, 2.45) is 0 Å². The molecule has 1 aromatic heterocycles. The van der Waals surface area contributed by atoms with Crippen LogP contribution in [0.5, 0.6) is 17.4 Å². The molecule has 0 spiro atoms. The van der Waals surface area contributed by atoms with Crippen LogP contribution in [0.1, 0.15) is 5.56 Å². The first-order chi connectivity index (χ1) is 9.15. The van der Waals surface area contributed by atoms with Crippen LogP contribution in [0, 0.1) is 17.1 Å². The minimum absolute atomic E-state index is 0.00823. The van der Waals surface area contributed by atoms with Gasteiger partial charge in [-0.1, -0.05) is 11.6 Å². The van der Waals surface area contributed by atoms with Crippen molar-refractivity contribution in [3.63, 3.8) is 0 Å². The van der Waals surface area contributed by atoms with Gasteiger partial charge in [-0.05, 0) is 18.2 Å². The first-order valence-electron chi connectivity index (χ1n) is 5.07.